The van der Waals surface area contributed by atoms with Gasteiger partial charge in [0.2, 0.25) is 0 Å². The monoisotopic (exact) mass is 372 g/mol. The first-order valence-electron chi connectivity index (χ1n) is 6.27. The third-order valence-corrected chi connectivity index (χ3v) is 4.57. The van der Waals surface area contributed by atoms with E-state index in [-0.39, 0.29) is 0 Å². The summed E-state index contributed by atoms with van der Waals surface area (Å²) in [7, 11) is -8.39. The van der Waals surface area contributed by atoms with E-state index in [0.29, 0.717) is 5.69 Å². The van der Waals surface area contributed by atoms with Crippen LogP contribution in [-0.2, 0) is 20.2 Å². The van der Waals surface area contributed by atoms with Crippen LogP contribution in [0.3, 0.4) is 0 Å². The molecule has 0 saturated carbocycles. The number of ether oxygens (including phenoxy) is 1. The number of azo groups is 1. The molecule has 2 aromatic carbocycles. The van der Waals surface area contributed by atoms with Crippen LogP contribution in [0, 0.1) is 0 Å². The van der Waals surface area contributed by atoms with Gasteiger partial charge in [-0.2, -0.15) is 21.9 Å². The zero-order valence-corrected chi connectivity index (χ0v) is 13.8. The molecule has 0 aliphatic heterocycles. The minimum atomic E-state index is -4.80. The largest absolute Gasteiger partial charge is 0.495 e. The van der Waals surface area contributed by atoms with Crippen molar-refractivity contribution in [3.8, 4) is 5.75 Å². The molecule has 2 aromatic rings. The maximum Gasteiger partial charge on any atom is 0.300 e. The van der Waals surface area contributed by atoms with E-state index in [1.807, 2.05) is 0 Å². The average molecular weight is 372 g/mol. The maximum absolute atomic E-state index is 11.6. The van der Waals surface area contributed by atoms with Crippen molar-refractivity contribution in [3.05, 3.63) is 42.5 Å². The van der Waals surface area contributed by atoms with Gasteiger partial charge in [0.15, 0.2) is 4.90 Å². The quantitative estimate of drug-likeness (QED) is 0.606. The first-order valence-corrected chi connectivity index (χ1v) is 9.15. The Morgan fingerprint density at radius 3 is 2.04 bits per heavy atom. The predicted molar refractivity (Wildman–Crippen MR) is 83.2 cm³/mol. The van der Waals surface area contributed by atoms with Crippen molar-refractivity contribution >= 4 is 31.6 Å². The Balaban J connectivity index is 2.73. The normalized spacial score (nSPS) is 12.5. The molecule has 0 atom stereocenters. The van der Waals surface area contributed by atoms with Gasteiger partial charge in [0.05, 0.1) is 17.7 Å². The lowest BCUT2D eigenvalue weighted by Crippen LogP contribution is -2.05. The molecule has 128 valence electrons. The zero-order chi connectivity index (χ0) is 18.0. The molecular formula is C13H12N2O7S2. The van der Waals surface area contributed by atoms with Gasteiger partial charge in [0.1, 0.15) is 11.4 Å². The third kappa shape index (κ3) is 4.14. The number of nitrogens with zero attached hydrogens (tertiary/aromatic N) is 2. The second-order valence-electron chi connectivity index (χ2n) is 4.46. The minimum absolute atomic E-state index is 0.356. The Bertz CT molecular complexity index is 984. The van der Waals surface area contributed by atoms with Gasteiger partial charge < -0.3 is 4.74 Å². The lowest BCUT2D eigenvalue weighted by Gasteiger charge is -2.10. The molecule has 0 radical (unpaired) electrons. The summed E-state index contributed by atoms with van der Waals surface area (Å²) in [5, 5.41) is 7.42. The molecule has 0 aliphatic carbocycles. The highest BCUT2D eigenvalue weighted by molar-refractivity contribution is 7.86. The summed E-state index contributed by atoms with van der Waals surface area (Å²) in [4.78, 5) is -1.43. The Kier molecular flexibility index (Phi) is 4.99. The molecule has 0 aromatic heterocycles. The highest BCUT2D eigenvalue weighted by Crippen LogP contribution is 2.37. The van der Waals surface area contributed by atoms with Gasteiger partial charge in [-0.05, 0) is 18.2 Å². The fourth-order valence-electron chi connectivity index (χ4n) is 1.80. The molecular weight excluding hydrogens is 360 g/mol. The SMILES string of the molecule is COc1cc(S(=O)(=O)O)cc(N=Nc2ccccc2)c1S(=O)(=O)O. The van der Waals surface area contributed by atoms with Crippen molar-refractivity contribution in [2.24, 2.45) is 10.2 Å². The molecule has 0 bridgehead atoms. The van der Waals surface area contributed by atoms with Crippen molar-refractivity contribution in [1.29, 1.82) is 0 Å². The number of rotatable bonds is 5. The molecule has 11 heteroatoms. The summed E-state index contributed by atoms with van der Waals surface area (Å²) in [5.41, 5.74) is -0.150. The molecule has 9 nitrogen and oxygen atoms in total. The first-order chi connectivity index (χ1) is 11.1. The third-order valence-electron chi connectivity index (χ3n) is 2.81. The van der Waals surface area contributed by atoms with Crippen LogP contribution in [0.5, 0.6) is 5.75 Å². The molecule has 0 heterocycles. The van der Waals surface area contributed by atoms with E-state index in [0.717, 1.165) is 19.2 Å². The van der Waals surface area contributed by atoms with Crippen LogP contribution in [0.1, 0.15) is 0 Å². The van der Waals surface area contributed by atoms with Crippen molar-refractivity contribution in [3.63, 3.8) is 0 Å². The van der Waals surface area contributed by atoms with Crippen molar-refractivity contribution in [2.45, 2.75) is 9.79 Å². The summed E-state index contributed by atoms with van der Waals surface area (Å²) < 4.78 is 69.0. The topological polar surface area (TPSA) is 143 Å². The summed E-state index contributed by atoms with van der Waals surface area (Å²) in [6.07, 6.45) is 0. The van der Waals surface area contributed by atoms with Gasteiger partial charge in [-0.1, -0.05) is 18.2 Å². The van der Waals surface area contributed by atoms with E-state index in [1.54, 1.807) is 30.3 Å². The fraction of sp³-hybridized carbons (Fsp3) is 0.0769. The lowest BCUT2D eigenvalue weighted by molar-refractivity contribution is 0.395. The lowest BCUT2D eigenvalue weighted by atomic mass is 10.3. The molecule has 0 aliphatic rings. The summed E-state index contributed by atoms with van der Waals surface area (Å²) in [5.74, 6) is -0.505. The zero-order valence-electron chi connectivity index (χ0n) is 12.2. The molecule has 0 saturated heterocycles. The van der Waals surface area contributed by atoms with Crippen LogP contribution in [0.15, 0.2) is 62.5 Å². The van der Waals surface area contributed by atoms with Crippen LogP contribution in [0.4, 0.5) is 11.4 Å². The van der Waals surface area contributed by atoms with Gasteiger partial charge in [-0.3, -0.25) is 9.11 Å². The van der Waals surface area contributed by atoms with Crippen molar-refractivity contribution in [1.82, 2.24) is 0 Å². The first kappa shape index (κ1) is 18.0. The van der Waals surface area contributed by atoms with Gasteiger partial charge in [-0.15, -0.1) is 5.11 Å². The van der Waals surface area contributed by atoms with Gasteiger partial charge in [-0.25, -0.2) is 0 Å². The molecule has 0 amide bonds. The van der Waals surface area contributed by atoms with Crippen LogP contribution >= 0.6 is 0 Å². The Hall–Kier alpha value is -2.34. The van der Waals surface area contributed by atoms with E-state index in [1.165, 1.54) is 0 Å². The molecule has 24 heavy (non-hydrogen) atoms. The summed E-state index contributed by atoms with van der Waals surface area (Å²) in [6.45, 7) is 0. The number of methoxy groups -OCH3 is 1. The van der Waals surface area contributed by atoms with Crippen molar-refractivity contribution in [2.75, 3.05) is 7.11 Å². The van der Waals surface area contributed by atoms with E-state index in [9.17, 15) is 21.4 Å². The minimum Gasteiger partial charge on any atom is -0.495 e. The van der Waals surface area contributed by atoms with Crippen LogP contribution < -0.4 is 4.74 Å². The highest BCUT2D eigenvalue weighted by atomic mass is 32.2. The summed E-state index contributed by atoms with van der Waals surface area (Å²) in [6, 6.07) is 9.69. The smallest absolute Gasteiger partial charge is 0.300 e. The van der Waals surface area contributed by atoms with Crippen LogP contribution in [-0.4, -0.2) is 33.1 Å². The van der Waals surface area contributed by atoms with Crippen molar-refractivity contribution < 1.29 is 30.7 Å². The highest BCUT2D eigenvalue weighted by Gasteiger charge is 2.26. The second-order valence-corrected chi connectivity index (χ2v) is 7.24. The predicted octanol–water partition coefficient (Wildman–Crippen LogP) is 2.60. The van der Waals surface area contributed by atoms with E-state index >= 15 is 0 Å². The molecule has 0 spiro atoms. The molecule has 2 N–H and O–H groups in total. The number of benzene rings is 2. The van der Waals surface area contributed by atoms with Gasteiger partial charge in [0.25, 0.3) is 20.2 Å². The molecule has 0 unspecified atom stereocenters. The van der Waals surface area contributed by atoms with Gasteiger partial charge in [0, 0.05) is 6.07 Å². The fourth-order valence-corrected chi connectivity index (χ4v) is 3.08. The molecule has 2 rings (SSSR count). The number of hydrogen-bond acceptors (Lipinski definition) is 7. The second kappa shape index (κ2) is 6.65. The number of hydrogen-bond donors (Lipinski definition) is 2. The maximum atomic E-state index is 11.6. The average Bonchev–Trinajstić information content (AvgIpc) is 2.51. The van der Waals surface area contributed by atoms with E-state index in [2.05, 4.69) is 10.2 Å². The van der Waals surface area contributed by atoms with E-state index in [4.69, 9.17) is 9.29 Å². The standard InChI is InChI=1S/C13H12N2O7S2/c1-22-12-8-10(23(16,17)18)7-11(13(12)24(19,20)21)15-14-9-5-3-2-4-6-9/h2-8H,1H3,(H,16,17,18)(H,19,20,21). The summed E-state index contributed by atoms with van der Waals surface area (Å²) >= 11 is 0. The van der Waals surface area contributed by atoms with Crippen LogP contribution in [0.2, 0.25) is 0 Å². The van der Waals surface area contributed by atoms with Gasteiger partial charge >= 0.3 is 0 Å². The Labute approximate surface area is 138 Å². The Morgan fingerprint density at radius 1 is 0.917 bits per heavy atom. The van der Waals surface area contributed by atoms with E-state index < -0.39 is 41.5 Å². The Morgan fingerprint density at radius 2 is 1.54 bits per heavy atom. The van der Waals surface area contributed by atoms with Crippen LogP contribution in [0.25, 0.3) is 0 Å². The molecule has 0 fully saturated rings.